The van der Waals surface area contributed by atoms with Gasteiger partial charge in [-0.1, -0.05) is 51.3 Å². The minimum absolute atomic E-state index is 1.07. The van der Waals surface area contributed by atoms with Gasteiger partial charge in [0, 0.05) is 23.6 Å². The molecule has 0 bridgehead atoms. The molecular formula is C19H30N2. The number of para-hydroxylation sites is 1. The average molecular weight is 286 g/mol. The van der Waals surface area contributed by atoms with E-state index >= 15 is 0 Å². The molecule has 0 saturated heterocycles. The Labute approximate surface area is 129 Å². The molecule has 0 atom stereocenters. The van der Waals surface area contributed by atoms with E-state index < -0.39 is 0 Å². The highest BCUT2D eigenvalue weighted by Gasteiger charge is 2.07. The van der Waals surface area contributed by atoms with Crippen molar-refractivity contribution in [3.05, 3.63) is 36.0 Å². The number of aromatic nitrogens is 1. The fourth-order valence-corrected chi connectivity index (χ4v) is 3.00. The fraction of sp³-hybridized carbons (Fsp3) is 0.579. The molecule has 0 spiro atoms. The van der Waals surface area contributed by atoms with Gasteiger partial charge in [0.1, 0.15) is 0 Å². The second kappa shape index (κ2) is 8.89. The molecule has 0 unspecified atom stereocenters. The van der Waals surface area contributed by atoms with Crippen molar-refractivity contribution in [3.8, 4) is 0 Å². The molecule has 21 heavy (non-hydrogen) atoms. The lowest BCUT2D eigenvalue weighted by Gasteiger charge is -2.04. The molecule has 2 nitrogen and oxygen atoms in total. The number of fused-ring (bicyclic) bond motifs is 1. The Balaban J connectivity index is 2.03. The van der Waals surface area contributed by atoms with Crippen molar-refractivity contribution in [1.82, 2.24) is 9.88 Å². The van der Waals surface area contributed by atoms with E-state index in [1.54, 1.807) is 0 Å². The summed E-state index contributed by atoms with van der Waals surface area (Å²) < 4.78 is 2.47. The number of aryl methyl sites for hydroxylation is 2. The van der Waals surface area contributed by atoms with Crippen LogP contribution in [0.1, 0.15) is 51.5 Å². The summed E-state index contributed by atoms with van der Waals surface area (Å²) in [5.41, 5.74) is 2.92. The highest BCUT2D eigenvalue weighted by atomic mass is 15.0. The van der Waals surface area contributed by atoms with Gasteiger partial charge in [-0.3, -0.25) is 0 Å². The van der Waals surface area contributed by atoms with Crippen molar-refractivity contribution in [2.24, 2.45) is 0 Å². The summed E-state index contributed by atoms with van der Waals surface area (Å²) >= 11 is 0. The van der Waals surface area contributed by atoms with E-state index in [0.717, 1.165) is 19.6 Å². The molecule has 1 aromatic carbocycles. The van der Waals surface area contributed by atoms with Crippen LogP contribution in [0.4, 0.5) is 0 Å². The summed E-state index contributed by atoms with van der Waals surface area (Å²) in [6.45, 7) is 7.79. The number of hydrogen-bond donors (Lipinski definition) is 1. The van der Waals surface area contributed by atoms with E-state index in [1.807, 2.05) is 0 Å². The molecule has 2 heteroatoms. The van der Waals surface area contributed by atoms with Crippen molar-refractivity contribution in [2.75, 3.05) is 13.1 Å². The third-order valence-electron chi connectivity index (χ3n) is 4.17. The van der Waals surface area contributed by atoms with Crippen LogP contribution in [0.3, 0.4) is 0 Å². The van der Waals surface area contributed by atoms with E-state index in [2.05, 4.69) is 54.2 Å². The van der Waals surface area contributed by atoms with E-state index in [1.165, 1.54) is 55.0 Å². The minimum atomic E-state index is 1.07. The van der Waals surface area contributed by atoms with Crippen LogP contribution in [0.15, 0.2) is 30.5 Å². The first-order valence-corrected chi connectivity index (χ1v) is 8.64. The van der Waals surface area contributed by atoms with Gasteiger partial charge in [-0.05, 0) is 44.0 Å². The first kappa shape index (κ1) is 16.1. The molecule has 1 heterocycles. The fourth-order valence-electron chi connectivity index (χ4n) is 3.00. The Morgan fingerprint density at radius 2 is 1.86 bits per heavy atom. The van der Waals surface area contributed by atoms with Gasteiger partial charge in [-0.15, -0.1) is 0 Å². The zero-order valence-corrected chi connectivity index (χ0v) is 13.7. The van der Waals surface area contributed by atoms with Crippen molar-refractivity contribution in [1.29, 1.82) is 0 Å². The number of nitrogens with one attached hydrogen (secondary N) is 1. The van der Waals surface area contributed by atoms with Gasteiger partial charge in [0.15, 0.2) is 0 Å². The Kier molecular flexibility index (Phi) is 6.81. The molecule has 0 radical (unpaired) electrons. The summed E-state index contributed by atoms with van der Waals surface area (Å²) in [5, 5.41) is 4.86. The smallest absolute Gasteiger partial charge is 0.0483 e. The standard InChI is InChI=1S/C19H30N2/c1-3-5-6-9-15-21-16-17(11-10-14-20-4-2)18-12-7-8-13-19(18)21/h7-8,12-13,16,20H,3-6,9-11,14-15H2,1-2H3. The average Bonchev–Trinajstić information content (AvgIpc) is 2.87. The van der Waals surface area contributed by atoms with Gasteiger partial charge in [0.2, 0.25) is 0 Å². The molecule has 0 saturated carbocycles. The zero-order valence-electron chi connectivity index (χ0n) is 13.7. The molecule has 2 rings (SSSR count). The number of nitrogens with zero attached hydrogens (tertiary/aromatic N) is 1. The SMILES string of the molecule is CCCCCCn1cc(CCCNCC)c2ccccc21. The van der Waals surface area contributed by atoms with E-state index in [-0.39, 0.29) is 0 Å². The minimum Gasteiger partial charge on any atom is -0.347 e. The van der Waals surface area contributed by atoms with Crippen LogP contribution in [0.5, 0.6) is 0 Å². The van der Waals surface area contributed by atoms with E-state index in [9.17, 15) is 0 Å². The molecule has 0 aliphatic carbocycles. The van der Waals surface area contributed by atoms with Crippen molar-refractivity contribution >= 4 is 10.9 Å². The maximum Gasteiger partial charge on any atom is 0.0483 e. The van der Waals surface area contributed by atoms with E-state index in [4.69, 9.17) is 0 Å². The van der Waals surface area contributed by atoms with Crippen LogP contribution in [0.2, 0.25) is 0 Å². The second-order valence-electron chi connectivity index (χ2n) is 5.88. The lowest BCUT2D eigenvalue weighted by molar-refractivity contribution is 0.592. The summed E-state index contributed by atoms with van der Waals surface area (Å²) in [6.07, 6.45) is 10.1. The predicted octanol–water partition coefficient (Wildman–Crippen LogP) is 4.76. The first-order chi connectivity index (χ1) is 10.4. The summed E-state index contributed by atoms with van der Waals surface area (Å²) in [4.78, 5) is 0. The molecular weight excluding hydrogens is 256 g/mol. The monoisotopic (exact) mass is 286 g/mol. The summed E-state index contributed by atoms with van der Waals surface area (Å²) in [7, 11) is 0. The Bertz CT molecular complexity index is 481. The van der Waals surface area contributed by atoms with Crippen molar-refractivity contribution < 1.29 is 0 Å². The van der Waals surface area contributed by atoms with Crippen LogP contribution in [0, 0.1) is 0 Å². The molecule has 0 fully saturated rings. The topological polar surface area (TPSA) is 17.0 Å². The predicted molar refractivity (Wildman–Crippen MR) is 92.9 cm³/mol. The second-order valence-corrected chi connectivity index (χ2v) is 5.88. The summed E-state index contributed by atoms with van der Waals surface area (Å²) in [6, 6.07) is 8.87. The quantitative estimate of drug-likeness (QED) is 0.623. The third kappa shape index (κ3) is 4.60. The molecule has 1 aromatic heterocycles. The number of rotatable bonds is 10. The number of hydrogen-bond acceptors (Lipinski definition) is 1. The van der Waals surface area contributed by atoms with Gasteiger partial charge < -0.3 is 9.88 Å². The molecule has 0 amide bonds. The molecule has 0 aliphatic rings. The maximum absolute atomic E-state index is 3.41. The van der Waals surface area contributed by atoms with Crippen LogP contribution >= 0.6 is 0 Å². The highest BCUT2D eigenvalue weighted by molar-refractivity contribution is 5.83. The molecule has 2 aromatic rings. The zero-order chi connectivity index (χ0) is 14.9. The van der Waals surface area contributed by atoms with Crippen molar-refractivity contribution in [3.63, 3.8) is 0 Å². The summed E-state index contributed by atoms with van der Waals surface area (Å²) in [5.74, 6) is 0. The van der Waals surface area contributed by atoms with E-state index in [0.29, 0.717) is 0 Å². The van der Waals surface area contributed by atoms with Crippen LogP contribution in [-0.2, 0) is 13.0 Å². The van der Waals surface area contributed by atoms with Gasteiger partial charge in [-0.25, -0.2) is 0 Å². The van der Waals surface area contributed by atoms with Crippen molar-refractivity contribution in [2.45, 2.75) is 58.9 Å². The number of unbranched alkanes of at least 4 members (excludes halogenated alkanes) is 3. The lowest BCUT2D eigenvalue weighted by Crippen LogP contribution is -2.14. The Morgan fingerprint density at radius 1 is 1.00 bits per heavy atom. The van der Waals surface area contributed by atoms with Gasteiger partial charge >= 0.3 is 0 Å². The van der Waals surface area contributed by atoms with Gasteiger partial charge in [0.05, 0.1) is 0 Å². The van der Waals surface area contributed by atoms with Crippen LogP contribution < -0.4 is 5.32 Å². The first-order valence-electron chi connectivity index (χ1n) is 8.64. The Morgan fingerprint density at radius 3 is 2.67 bits per heavy atom. The largest absolute Gasteiger partial charge is 0.347 e. The Hall–Kier alpha value is -1.28. The molecule has 116 valence electrons. The lowest BCUT2D eigenvalue weighted by atomic mass is 10.1. The molecule has 0 aliphatic heterocycles. The third-order valence-corrected chi connectivity index (χ3v) is 4.17. The highest BCUT2D eigenvalue weighted by Crippen LogP contribution is 2.23. The number of benzene rings is 1. The maximum atomic E-state index is 3.41. The normalized spacial score (nSPS) is 11.3. The molecule has 1 N–H and O–H groups in total. The van der Waals surface area contributed by atoms with Crippen LogP contribution in [-0.4, -0.2) is 17.7 Å². The van der Waals surface area contributed by atoms with Gasteiger partial charge in [0.25, 0.3) is 0 Å². The van der Waals surface area contributed by atoms with Crippen LogP contribution in [0.25, 0.3) is 10.9 Å². The van der Waals surface area contributed by atoms with Gasteiger partial charge in [-0.2, -0.15) is 0 Å².